The van der Waals surface area contributed by atoms with Crippen LogP contribution in [0, 0.1) is 13.8 Å². The van der Waals surface area contributed by atoms with Crippen LogP contribution in [0.1, 0.15) is 27.2 Å². The van der Waals surface area contributed by atoms with Gasteiger partial charge in [-0.15, -0.1) is 0 Å². The first kappa shape index (κ1) is 20.0. The number of aromatic nitrogens is 2. The van der Waals surface area contributed by atoms with Crippen molar-refractivity contribution >= 4 is 23.2 Å². The van der Waals surface area contributed by atoms with Gasteiger partial charge < -0.3 is 10.2 Å². The predicted octanol–water partition coefficient (Wildman–Crippen LogP) is 4.07. The lowest BCUT2D eigenvalue weighted by Gasteiger charge is -2.19. The van der Waals surface area contributed by atoms with Crippen LogP contribution in [0.4, 0.5) is 5.69 Å². The molecule has 0 aliphatic carbocycles. The van der Waals surface area contributed by atoms with Crippen molar-refractivity contribution in [3.63, 3.8) is 0 Å². The third kappa shape index (κ3) is 4.73. The van der Waals surface area contributed by atoms with E-state index in [9.17, 15) is 4.79 Å². The van der Waals surface area contributed by atoms with Gasteiger partial charge in [0.25, 0.3) is 5.91 Å². The third-order valence-electron chi connectivity index (χ3n) is 4.68. The molecule has 2 aromatic carbocycles. The van der Waals surface area contributed by atoms with Gasteiger partial charge in [0, 0.05) is 25.8 Å². The molecule has 146 valence electrons. The van der Waals surface area contributed by atoms with E-state index in [-0.39, 0.29) is 5.91 Å². The first-order valence-corrected chi connectivity index (χ1v) is 9.66. The summed E-state index contributed by atoms with van der Waals surface area (Å²) >= 11 is 6.47. The van der Waals surface area contributed by atoms with Crippen LogP contribution < -0.4 is 10.2 Å². The van der Waals surface area contributed by atoms with Gasteiger partial charge in [-0.3, -0.25) is 4.79 Å². The molecular formula is C22H25ClN4O. The lowest BCUT2D eigenvalue weighted by atomic mass is 10.1. The summed E-state index contributed by atoms with van der Waals surface area (Å²) in [5, 5.41) is 7.77. The predicted molar refractivity (Wildman–Crippen MR) is 114 cm³/mol. The Labute approximate surface area is 170 Å². The molecule has 0 saturated carbocycles. The number of carbonyl (C=O) groups is 1. The Morgan fingerprint density at radius 1 is 1.11 bits per heavy atom. The Morgan fingerprint density at radius 2 is 1.79 bits per heavy atom. The van der Waals surface area contributed by atoms with E-state index >= 15 is 0 Å². The number of halogens is 1. The molecule has 0 unspecified atom stereocenters. The van der Waals surface area contributed by atoms with Crippen LogP contribution >= 0.6 is 11.6 Å². The summed E-state index contributed by atoms with van der Waals surface area (Å²) in [6.07, 6.45) is 0. The number of hydrogen-bond donors (Lipinski definition) is 1. The second kappa shape index (κ2) is 8.93. The summed E-state index contributed by atoms with van der Waals surface area (Å²) in [5.74, 6) is -0.195. The van der Waals surface area contributed by atoms with Gasteiger partial charge in [0.1, 0.15) is 5.15 Å². The molecule has 0 fully saturated rings. The smallest absolute Gasteiger partial charge is 0.256 e. The van der Waals surface area contributed by atoms with Gasteiger partial charge in [-0.25, -0.2) is 4.68 Å². The molecule has 3 rings (SSSR count). The fourth-order valence-corrected chi connectivity index (χ4v) is 3.34. The SMILES string of the molecule is Cc1ccc(Cn2nc(C)c(C(=O)NCCN(C)c3ccccc3)c2Cl)cc1. The molecule has 0 aliphatic rings. The lowest BCUT2D eigenvalue weighted by Crippen LogP contribution is -2.33. The maximum atomic E-state index is 12.6. The number of para-hydroxylation sites is 1. The van der Waals surface area contributed by atoms with Crippen LogP contribution in [0.25, 0.3) is 0 Å². The maximum absolute atomic E-state index is 12.6. The Bertz CT molecular complexity index is 935. The third-order valence-corrected chi connectivity index (χ3v) is 5.06. The molecule has 0 atom stereocenters. The Morgan fingerprint density at radius 3 is 2.46 bits per heavy atom. The van der Waals surface area contributed by atoms with Gasteiger partial charge in [0.05, 0.1) is 17.8 Å². The molecule has 3 aromatic rings. The number of amides is 1. The van der Waals surface area contributed by atoms with E-state index in [1.54, 1.807) is 4.68 Å². The molecule has 5 nitrogen and oxygen atoms in total. The number of rotatable bonds is 7. The zero-order valence-corrected chi connectivity index (χ0v) is 17.2. The number of nitrogens with zero attached hydrogens (tertiary/aromatic N) is 3. The molecule has 0 aliphatic heterocycles. The average Bonchev–Trinajstić information content (AvgIpc) is 2.97. The summed E-state index contributed by atoms with van der Waals surface area (Å²) in [5.41, 5.74) is 4.47. The molecule has 1 N–H and O–H groups in total. The van der Waals surface area contributed by atoms with Crippen LogP contribution in [-0.2, 0) is 6.54 Å². The minimum atomic E-state index is -0.195. The summed E-state index contributed by atoms with van der Waals surface area (Å²) in [4.78, 5) is 14.7. The zero-order chi connectivity index (χ0) is 20.1. The van der Waals surface area contributed by atoms with Crippen molar-refractivity contribution < 1.29 is 4.79 Å². The number of nitrogens with one attached hydrogen (secondary N) is 1. The Kier molecular flexibility index (Phi) is 6.37. The first-order chi connectivity index (χ1) is 13.5. The van der Waals surface area contributed by atoms with Crippen LogP contribution in [0.15, 0.2) is 54.6 Å². The van der Waals surface area contributed by atoms with Gasteiger partial charge in [-0.05, 0) is 31.5 Å². The minimum Gasteiger partial charge on any atom is -0.373 e. The molecule has 1 amide bonds. The van der Waals surface area contributed by atoms with Gasteiger partial charge >= 0.3 is 0 Å². The van der Waals surface area contributed by atoms with Crippen LogP contribution in [0.2, 0.25) is 5.15 Å². The monoisotopic (exact) mass is 396 g/mol. The topological polar surface area (TPSA) is 50.2 Å². The van der Waals surface area contributed by atoms with Crippen molar-refractivity contribution in [3.05, 3.63) is 82.1 Å². The van der Waals surface area contributed by atoms with Crippen molar-refractivity contribution in [3.8, 4) is 0 Å². The number of anilines is 1. The summed E-state index contributed by atoms with van der Waals surface area (Å²) in [6, 6.07) is 18.2. The van der Waals surface area contributed by atoms with Crippen LogP contribution in [0.5, 0.6) is 0 Å². The van der Waals surface area contributed by atoms with Gasteiger partial charge in [0.2, 0.25) is 0 Å². The largest absolute Gasteiger partial charge is 0.373 e. The summed E-state index contributed by atoms with van der Waals surface area (Å²) in [6.45, 7) is 5.60. The van der Waals surface area contributed by atoms with Gasteiger partial charge in [-0.1, -0.05) is 59.6 Å². The maximum Gasteiger partial charge on any atom is 0.256 e. The number of aryl methyl sites for hydroxylation is 2. The number of hydrogen-bond acceptors (Lipinski definition) is 3. The molecule has 1 heterocycles. The molecule has 0 saturated heterocycles. The average molecular weight is 397 g/mol. The second-order valence-corrected chi connectivity index (χ2v) is 7.27. The van der Waals surface area contributed by atoms with E-state index in [1.165, 1.54) is 5.56 Å². The van der Waals surface area contributed by atoms with E-state index in [1.807, 2.05) is 63.4 Å². The molecule has 28 heavy (non-hydrogen) atoms. The fraction of sp³-hybridized carbons (Fsp3) is 0.273. The number of likely N-dealkylation sites (N-methyl/N-ethyl adjacent to an activating group) is 1. The van der Waals surface area contributed by atoms with Crippen molar-refractivity contribution in [1.29, 1.82) is 0 Å². The normalized spacial score (nSPS) is 10.7. The minimum absolute atomic E-state index is 0.195. The van der Waals surface area contributed by atoms with Crippen molar-refractivity contribution in [2.24, 2.45) is 0 Å². The molecule has 0 bridgehead atoms. The van der Waals surface area contributed by atoms with E-state index in [4.69, 9.17) is 11.6 Å². The van der Waals surface area contributed by atoms with Crippen LogP contribution in [-0.4, -0.2) is 35.8 Å². The highest BCUT2D eigenvalue weighted by molar-refractivity contribution is 6.33. The highest BCUT2D eigenvalue weighted by atomic mass is 35.5. The highest BCUT2D eigenvalue weighted by Gasteiger charge is 2.20. The van der Waals surface area contributed by atoms with Crippen molar-refractivity contribution in [1.82, 2.24) is 15.1 Å². The highest BCUT2D eigenvalue weighted by Crippen LogP contribution is 2.21. The van der Waals surface area contributed by atoms with E-state index < -0.39 is 0 Å². The molecular weight excluding hydrogens is 372 g/mol. The standard InChI is InChI=1S/C22H25ClN4O/c1-16-9-11-18(12-10-16)15-27-21(23)20(17(2)25-27)22(28)24-13-14-26(3)19-7-5-4-6-8-19/h4-12H,13-15H2,1-3H3,(H,24,28). The molecule has 1 aromatic heterocycles. The quantitative estimate of drug-likeness (QED) is 0.655. The van der Waals surface area contributed by atoms with Crippen molar-refractivity contribution in [2.45, 2.75) is 20.4 Å². The summed E-state index contributed by atoms with van der Waals surface area (Å²) < 4.78 is 1.67. The second-order valence-electron chi connectivity index (χ2n) is 6.91. The Balaban J connectivity index is 1.62. The number of benzene rings is 2. The van der Waals surface area contributed by atoms with Crippen LogP contribution in [0.3, 0.4) is 0 Å². The van der Waals surface area contributed by atoms with Gasteiger partial charge in [-0.2, -0.15) is 5.10 Å². The van der Waals surface area contributed by atoms with E-state index in [0.717, 1.165) is 11.3 Å². The first-order valence-electron chi connectivity index (χ1n) is 9.28. The van der Waals surface area contributed by atoms with E-state index in [2.05, 4.69) is 27.4 Å². The van der Waals surface area contributed by atoms with Gasteiger partial charge in [0.15, 0.2) is 0 Å². The fourth-order valence-electron chi connectivity index (χ4n) is 3.02. The summed E-state index contributed by atoms with van der Waals surface area (Å²) in [7, 11) is 2.00. The van der Waals surface area contributed by atoms with E-state index in [0.29, 0.717) is 36.0 Å². The molecule has 0 spiro atoms. The Hall–Kier alpha value is -2.79. The lowest BCUT2D eigenvalue weighted by molar-refractivity contribution is 0.0954. The number of carbonyl (C=O) groups excluding carboxylic acids is 1. The zero-order valence-electron chi connectivity index (χ0n) is 16.4. The molecule has 6 heteroatoms. The molecule has 0 radical (unpaired) electrons. The van der Waals surface area contributed by atoms with Crippen molar-refractivity contribution in [2.75, 3.05) is 25.0 Å².